The van der Waals surface area contributed by atoms with Crippen LogP contribution in [-0.2, 0) is 20.7 Å². The molecule has 3 N–H and O–H groups in total. The summed E-state index contributed by atoms with van der Waals surface area (Å²) in [6, 6.07) is -0.559. The number of hydrogen-bond donors (Lipinski definition) is 3. The number of hydrogen-bond acceptors (Lipinski definition) is 6. The fraction of sp³-hybridized carbons (Fsp3) is 0.875. The highest BCUT2D eigenvalue weighted by Crippen LogP contribution is 2.69. The largest absolute Gasteiger partial charge is 0.461 e. The van der Waals surface area contributed by atoms with Crippen molar-refractivity contribution in [2.45, 2.75) is 162 Å². The van der Waals surface area contributed by atoms with Gasteiger partial charge in [-0.25, -0.2) is 9.78 Å². The highest BCUT2D eigenvalue weighted by molar-refractivity contribution is 5.85. The van der Waals surface area contributed by atoms with Crippen molar-refractivity contribution in [1.82, 2.24) is 20.2 Å². The van der Waals surface area contributed by atoms with Crippen LogP contribution in [0.25, 0.3) is 0 Å². The molecule has 8 heteroatoms. The molecule has 0 radical (unpaired) electrons. The van der Waals surface area contributed by atoms with Gasteiger partial charge in [-0.1, -0.05) is 60.8 Å². The Hall–Kier alpha value is -1.93. The number of aromatic nitrogens is 2. The third-order valence-corrected chi connectivity index (χ3v) is 14.8. The van der Waals surface area contributed by atoms with Crippen LogP contribution in [-0.4, -0.2) is 68.7 Å². The van der Waals surface area contributed by atoms with Crippen LogP contribution in [0.1, 0.15) is 137 Å². The molecule has 6 rings (SSSR count). The van der Waals surface area contributed by atoms with Gasteiger partial charge in [0.2, 0.25) is 5.91 Å². The maximum atomic E-state index is 13.5. The van der Waals surface area contributed by atoms with E-state index in [0.717, 1.165) is 62.1 Å². The van der Waals surface area contributed by atoms with Crippen LogP contribution in [0.3, 0.4) is 0 Å². The highest BCUT2D eigenvalue weighted by Gasteiger charge is 2.68. The van der Waals surface area contributed by atoms with Crippen molar-refractivity contribution in [3.63, 3.8) is 0 Å². The normalized spacial score (nSPS) is 39.9. The summed E-state index contributed by atoms with van der Waals surface area (Å²) in [6.07, 6.45) is 18.3. The SMILES string of the molecule is CCC(=O)N1CCC[C@H]1C(=O)O[C@H]1CC[C@]2(C)[C@H]3CC[C@]4(C)[C@@H]([C@H](C)CCCC(C)C)CC[C@H]4[C@@H]3C[C@@H](NCCc3c[nH]cn3)[C@@]2(O)C1. The lowest BCUT2D eigenvalue weighted by Gasteiger charge is -2.66. The number of likely N-dealkylation sites (tertiary alicyclic amines) is 1. The summed E-state index contributed by atoms with van der Waals surface area (Å²) >= 11 is 0. The first-order valence-corrected chi connectivity index (χ1v) is 19.8. The lowest BCUT2D eigenvalue weighted by atomic mass is 9.42. The fourth-order valence-corrected chi connectivity index (χ4v) is 12.2. The van der Waals surface area contributed by atoms with E-state index < -0.39 is 11.6 Å². The van der Waals surface area contributed by atoms with Gasteiger partial charge in [-0.15, -0.1) is 0 Å². The summed E-state index contributed by atoms with van der Waals surface area (Å²) in [7, 11) is 0. The zero-order chi connectivity index (χ0) is 34.3. The second-order valence-corrected chi connectivity index (χ2v) is 17.7. The first kappa shape index (κ1) is 35.9. The quantitative estimate of drug-likeness (QED) is 0.206. The molecule has 2 heterocycles. The Morgan fingerprint density at radius 1 is 1.10 bits per heavy atom. The van der Waals surface area contributed by atoms with Crippen LogP contribution in [0, 0.1) is 46.3 Å². The van der Waals surface area contributed by atoms with Crippen LogP contribution in [0.15, 0.2) is 12.5 Å². The summed E-state index contributed by atoms with van der Waals surface area (Å²) in [4.78, 5) is 35.3. The number of aromatic amines is 1. The number of nitrogens with one attached hydrogen (secondary N) is 2. The van der Waals surface area contributed by atoms with Crippen molar-refractivity contribution in [3.05, 3.63) is 18.2 Å². The molecule has 4 aliphatic carbocycles. The number of ether oxygens (including phenoxy) is 1. The minimum atomic E-state index is -0.979. The summed E-state index contributed by atoms with van der Waals surface area (Å²) in [5.41, 5.74) is 0.176. The molecule has 0 spiro atoms. The van der Waals surface area contributed by atoms with Crippen LogP contribution in [0.2, 0.25) is 0 Å². The third kappa shape index (κ3) is 6.51. The zero-order valence-electron chi connectivity index (χ0n) is 30.9. The lowest BCUT2D eigenvalue weighted by Crippen LogP contribution is -2.71. The molecule has 1 saturated heterocycles. The number of fused-ring (bicyclic) bond motifs is 5. The van der Waals surface area contributed by atoms with Gasteiger partial charge in [-0.05, 0) is 98.7 Å². The van der Waals surface area contributed by atoms with Gasteiger partial charge >= 0.3 is 5.97 Å². The molecule has 0 unspecified atom stereocenters. The molecule has 270 valence electrons. The second-order valence-electron chi connectivity index (χ2n) is 17.7. The number of rotatable bonds is 12. The predicted octanol–water partition coefficient (Wildman–Crippen LogP) is 7.07. The van der Waals surface area contributed by atoms with Gasteiger partial charge in [0.1, 0.15) is 12.1 Å². The molecular formula is C40H66N4O4. The number of H-pyrrole nitrogens is 1. The Balaban J connectivity index is 1.21. The molecule has 1 aromatic heterocycles. The minimum Gasteiger partial charge on any atom is -0.461 e. The number of carbonyl (C=O) groups is 2. The van der Waals surface area contributed by atoms with Crippen molar-refractivity contribution in [3.8, 4) is 0 Å². The number of nitrogens with zero attached hydrogens (tertiary/aromatic N) is 2. The molecule has 5 aliphatic rings. The van der Waals surface area contributed by atoms with Crippen molar-refractivity contribution in [2.24, 2.45) is 46.3 Å². The predicted molar refractivity (Wildman–Crippen MR) is 189 cm³/mol. The van der Waals surface area contributed by atoms with E-state index in [-0.39, 0.29) is 29.4 Å². The maximum absolute atomic E-state index is 13.5. The molecular weight excluding hydrogens is 600 g/mol. The minimum absolute atomic E-state index is 0.0206. The summed E-state index contributed by atoms with van der Waals surface area (Å²) in [6.45, 7) is 15.5. The smallest absolute Gasteiger partial charge is 0.329 e. The number of imidazole rings is 1. The Bertz CT molecular complexity index is 1250. The summed E-state index contributed by atoms with van der Waals surface area (Å²) in [5.74, 6) is 3.84. The van der Waals surface area contributed by atoms with Gasteiger partial charge < -0.3 is 25.0 Å². The third-order valence-electron chi connectivity index (χ3n) is 14.8. The van der Waals surface area contributed by atoms with Gasteiger partial charge in [0.05, 0.1) is 17.6 Å². The topological polar surface area (TPSA) is 108 Å². The van der Waals surface area contributed by atoms with Gasteiger partial charge in [0, 0.05) is 50.0 Å². The van der Waals surface area contributed by atoms with E-state index in [1.54, 1.807) is 11.2 Å². The second kappa shape index (κ2) is 14.4. The molecule has 5 fully saturated rings. The standard InChI is InChI=1S/C40H66N4O4/c1-7-36(45)44-21-9-12-34(44)37(46)48-29-15-19-39(6)33-16-18-38(5)31(27(4)11-8-10-26(2)3)13-14-32(38)30(33)22-35(40(39,47)23-29)42-20-17-28-24-41-25-43-28/h24-27,29-35,42,47H,7-23H2,1-6H3,(H,41,43)/t27-,29+,30+,31-,32+,33+,34+,35-,38-,39-,40+/m1/s1. The first-order valence-electron chi connectivity index (χ1n) is 19.8. The van der Waals surface area contributed by atoms with Crippen molar-refractivity contribution in [2.75, 3.05) is 13.1 Å². The molecule has 1 aliphatic heterocycles. The first-order chi connectivity index (χ1) is 22.9. The van der Waals surface area contributed by atoms with Crippen molar-refractivity contribution >= 4 is 11.9 Å². The molecule has 8 nitrogen and oxygen atoms in total. The van der Waals surface area contributed by atoms with E-state index in [9.17, 15) is 14.7 Å². The molecule has 0 aromatic carbocycles. The summed E-state index contributed by atoms with van der Waals surface area (Å²) in [5, 5.41) is 17.0. The van der Waals surface area contributed by atoms with Crippen molar-refractivity contribution < 1.29 is 19.4 Å². The Morgan fingerprint density at radius 2 is 1.92 bits per heavy atom. The Labute approximate surface area is 290 Å². The fourth-order valence-electron chi connectivity index (χ4n) is 12.2. The molecule has 1 amide bonds. The highest BCUT2D eigenvalue weighted by atomic mass is 16.5. The molecule has 11 atom stereocenters. The molecule has 4 saturated carbocycles. The number of carbonyl (C=O) groups excluding carboxylic acids is 2. The maximum Gasteiger partial charge on any atom is 0.329 e. The average Bonchev–Trinajstić information content (AvgIpc) is 3.82. The van der Waals surface area contributed by atoms with Gasteiger partial charge in [-0.2, -0.15) is 0 Å². The molecule has 48 heavy (non-hydrogen) atoms. The van der Waals surface area contributed by atoms with E-state index in [0.29, 0.717) is 49.0 Å². The average molecular weight is 667 g/mol. The Kier molecular flexibility index (Phi) is 10.7. The number of amides is 1. The van der Waals surface area contributed by atoms with Crippen LogP contribution >= 0.6 is 0 Å². The summed E-state index contributed by atoms with van der Waals surface area (Å²) < 4.78 is 6.25. The van der Waals surface area contributed by atoms with Crippen molar-refractivity contribution in [1.29, 1.82) is 0 Å². The number of aliphatic hydroxyl groups is 1. The van der Waals surface area contributed by atoms with Crippen LogP contribution in [0.4, 0.5) is 0 Å². The van der Waals surface area contributed by atoms with E-state index in [1.165, 1.54) is 44.9 Å². The number of esters is 1. The van der Waals surface area contributed by atoms with Crippen LogP contribution < -0.4 is 5.32 Å². The van der Waals surface area contributed by atoms with Gasteiger partial charge in [0.15, 0.2) is 0 Å². The monoisotopic (exact) mass is 667 g/mol. The molecule has 1 aromatic rings. The lowest BCUT2D eigenvalue weighted by molar-refractivity contribution is -0.237. The van der Waals surface area contributed by atoms with E-state index in [4.69, 9.17) is 4.74 Å². The van der Waals surface area contributed by atoms with Crippen LogP contribution in [0.5, 0.6) is 0 Å². The molecule has 0 bridgehead atoms. The van der Waals surface area contributed by atoms with E-state index >= 15 is 0 Å². The Morgan fingerprint density at radius 3 is 2.65 bits per heavy atom. The van der Waals surface area contributed by atoms with E-state index in [2.05, 4.69) is 49.9 Å². The zero-order valence-corrected chi connectivity index (χ0v) is 30.9. The van der Waals surface area contributed by atoms with Gasteiger partial charge in [-0.3, -0.25) is 4.79 Å². The van der Waals surface area contributed by atoms with Gasteiger partial charge in [0.25, 0.3) is 0 Å². The van der Waals surface area contributed by atoms with E-state index in [1.807, 2.05) is 13.1 Å².